The molecule has 0 spiro atoms. The number of halogens is 1. The van der Waals surface area contributed by atoms with E-state index in [2.05, 4.69) is 22.6 Å². The Morgan fingerprint density at radius 2 is 2.32 bits per heavy atom. The molecule has 0 unspecified atom stereocenters. The Labute approximate surface area is 121 Å². The van der Waals surface area contributed by atoms with Crippen LogP contribution in [0.4, 0.5) is 4.39 Å². The molecule has 0 aliphatic carbocycles. The number of nitrogens with zero attached hydrogens (tertiary/aromatic N) is 1. The molecule has 0 atom stereocenters. The van der Waals surface area contributed by atoms with Gasteiger partial charge in [-0.2, -0.15) is 0 Å². The fourth-order valence-corrected chi connectivity index (χ4v) is 3.34. The molecule has 0 aliphatic rings. The SMILES string of the molecule is CCCNCc1csc(CSc2cccc(F)c2)n1. The number of nitrogens with one attached hydrogen (secondary N) is 1. The second-order valence-corrected chi connectivity index (χ2v) is 6.15. The van der Waals surface area contributed by atoms with Gasteiger partial charge in [0.1, 0.15) is 10.8 Å². The molecule has 2 nitrogen and oxygen atoms in total. The molecule has 0 saturated carbocycles. The second-order valence-electron chi connectivity index (χ2n) is 4.16. The number of hydrogen-bond donors (Lipinski definition) is 1. The first kappa shape index (κ1) is 14.5. The van der Waals surface area contributed by atoms with Crippen molar-refractivity contribution < 1.29 is 4.39 Å². The van der Waals surface area contributed by atoms with Crippen molar-refractivity contribution >= 4 is 23.1 Å². The van der Waals surface area contributed by atoms with Crippen LogP contribution >= 0.6 is 23.1 Å². The van der Waals surface area contributed by atoms with Gasteiger partial charge < -0.3 is 5.32 Å². The molecule has 1 aromatic carbocycles. The van der Waals surface area contributed by atoms with Crippen LogP contribution < -0.4 is 5.32 Å². The van der Waals surface area contributed by atoms with Crippen molar-refractivity contribution in [3.63, 3.8) is 0 Å². The summed E-state index contributed by atoms with van der Waals surface area (Å²) in [5.74, 6) is 0.607. The summed E-state index contributed by atoms with van der Waals surface area (Å²) in [6.45, 7) is 4.00. The van der Waals surface area contributed by atoms with Gasteiger partial charge in [0.15, 0.2) is 0 Å². The molecule has 0 aliphatic heterocycles. The summed E-state index contributed by atoms with van der Waals surface area (Å²) in [5.41, 5.74) is 1.09. The zero-order chi connectivity index (χ0) is 13.5. The third kappa shape index (κ3) is 4.93. The van der Waals surface area contributed by atoms with E-state index < -0.39 is 0 Å². The van der Waals surface area contributed by atoms with Crippen LogP contribution in [0.2, 0.25) is 0 Å². The van der Waals surface area contributed by atoms with E-state index in [1.54, 1.807) is 35.2 Å². The molecular weight excluding hydrogens is 279 g/mol. The summed E-state index contributed by atoms with van der Waals surface area (Å²) < 4.78 is 13.0. The zero-order valence-corrected chi connectivity index (χ0v) is 12.5. The van der Waals surface area contributed by atoms with E-state index >= 15 is 0 Å². The summed E-state index contributed by atoms with van der Waals surface area (Å²) in [4.78, 5) is 5.51. The van der Waals surface area contributed by atoms with E-state index in [1.807, 2.05) is 6.07 Å². The van der Waals surface area contributed by atoms with Gasteiger partial charge in [-0.1, -0.05) is 13.0 Å². The molecule has 2 rings (SSSR count). The minimum absolute atomic E-state index is 0.186. The zero-order valence-electron chi connectivity index (χ0n) is 10.9. The van der Waals surface area contributed by atoms with Gasteiger partial charge in [0, 0.05) is 16.8 Å². The first-order chi connectivity index (χ1) is 9.28. The van der Waals surface area contributed by atoms with Gasteiger partial charge in [-0.15, -0.1) is 23.1 Å². The van der Waals surface area contributed by atoms with Crippen LogP contribution in [0, 0.1) is 5.82 Å². The third-order valence-electron chi connectivity index (χ3n) is 2.49. The van der Waals surface area contributed by atoms with Crippen LogP contribution in [0.5, 0.6) is 0 Å². The van der Waals surface area contributed by atoms with Crippen molar-refractivity contribution in [2.75, 3.05) is 6.54 Å². The van der Waals surface area contributed by atoms with Crippen LogP contribution in [0.15, 0.2) is 34.5 Å². The Kier molecular flexibility index (Phi) is 5.82. The van der Waals surface area contributed by atoms with Gasteiger partial charge >= 0.3 is 0 Å². The minimum atomic E-state index is -0.186. The average Bonchev–Trinajstić information content (AvgIpc) is 2.85. The summed E-state index contributed by atoms with van der Waals surface area (Å²) in [6.07, 6.45) is 1.13. The highest BCUT2D eigenvalue weighted by atomic mass is 32.2. The lowest BCUT2D eigenvalue weighted by atomic mass is 10.4. The van der Waals surface area contributed by atoms with Crippen LogP contribution in [0.3, 0.4) is 0 Å². The lowest BCUT2D eigenvalue weighted by Gasteiger charge is -2.00. The van der Waals surface area contributed by atoms with Crippen LogP contribution in [-0.4, -0.2) is 11.5 Å². The lowest BCUT2D eigenvalue weighted by molar-refractivity contribution is 0.624. The van der Waals surface area contributed by atoms with Gasteiger partial charge in [0.25, 0.3) is 0 Å². The molecule has 1 heterocycles. The number of hydrogen-bond acceptors (Lipinski definition) is 4. The van der Waals surface area contributed by atoms with E-state index in [0.717, 1.165) is 40.9 Å². The predicted molar refractivity (Wildman–Crippen MR) is 80.1 cm³/mol. The van der Waals surface area contributed by atoms with Crippen molar-refractivity contribution in [2.45, 2.75) is 30.5 Å². The molecule has 5 heteroatoms. The van der Waals surface area contributed by atoms with Crippen molar-refractivity contribution in [2.24, 2.45) is 0 Å². The quantitative estimate of drug-likeness (QED) is 0.616. The van der Waals surface area contributed by atoms with E-state index in [4.69, 9.17) is 0 Å². The number of thioether (sulfide) groups is 1. The van der Waals surface area contributed by atoms with Crippen molar-refractivity contribution in [3.05, 3.63) is 46.2 Å². The van der Waals surface area contributed by atoms with Gasteiger partial charge in [0.2, 0.25) is 0 Å². The fraction of sp³-hybridized carbons (Fsp3) is 0.357. The van der Waals surface area contributed by atoms with Gasteiger partial charge in [0.05, 0.1) is 11.4 Å². The predicted octanol–water partition coefficient (Wildman–Crippen LogP) is 4.07. The Morgan fingerprint density at radius 3 is 3.11 bits per heavy atom. The van der Waals surface area contributed by atoms with Crippen molar-refractivity contribution in [1.82, 2.24) is 10.3 Å². The van der Waals surface area contributed by atoms with Crippen LogP contribution in [0.1, 0.15) is 24.0 Å². The molecule has 2 aromatic rings. The van der Waals surface area contributed by atoms with E-state index in [9.17, 15) is 4.39 Å². The molecule has 0 fully saturated rings. The van der Waals surface area contributed by atoms with Gasteiger partial charge in [-0.3, -0.25) is 0 Å². The molecule has 0 bridgehead atoms. The molecular formula is C14H17FN2S2. The molecule has 0 amide bonds. The molecule has 0 saturated heterocycles. The summed E-state index contributed by atoms with van der Waals surface area (Å²) >= 11 is 3.28. The minimum Gasteiger partial charge on any atom is -0.311 e. The highest BCUT2D eigenvalue weighted by Crippen LogP contribution is 2.24. The smallest absolute Gasteiger partial charge is 0.124 e. The van der Waals surface area contributed by atoms with E-state index in [-0.39, 0.29) is 5.82 Å². The average molecular weight is 296 g/mol. The highest BCUT2D eigenvalue weighted by molar-refractivity contribution is 7.98. The third-order valence-corrected chi connectivity index (χ3v) is 4.58. The number of rotatable bonds is 7. The Morgan fingerprint density at radius 1 is 1.42 bits per heavy atom. The summed E-state index contributed by atoms with van der Waals surface area (Å²) in [6, 6.07) is 6.68. The van der Waals surface area contributed by atoms with Crippen LogP contribution in [0.25, 0.3) is 0 Å². The first-order valence-corrected chi connectivity index (χ1v) is 8.17. The first-order valence-electron chi connectivity index (χ1n) is 6.30. The maximum absolute atomic E-state index is 13.0. The molecule has 19 heavy (non-hydrogen) atoms. The number of thiazole rings is 1. The molecule has 0 radical (unpaired) electrons. The van der Waals surface area contributed by atoms with Gasteiger partial charge in [-0.05, 0) is 31.2 Å². The van der Waals surface area contributed by atoms with E-state index in [0.29, 0.717) is 0 Å². The highest BCUT2D eigenvalue weighted by Gasteiger charge is 2.03. The topological polar surface area (TPSA) is 24.9 Å². The fourth-order valence-electron chi connectivity index (χ4n) is 1.59. The van der Waals surface area contributed by atoms with Crippen molar-refractivity contribution in [3.8, 4) is 0 Å². The normalized spacial score (nSPS) is 10.8. The summed E-state index contributed by atoms with van der Waals surface area (Å²) in [7, 11) is 0. The summed E-state index contributed by atoms with van der Waals surface area (Å²) in [5, 5.41) is 6.51. The van der Waals surface area contributed by atoms with Crippen LogP contribution in [-0.2, 0) is 12.3 Å². The van der Waals surface area contributed by atoms with E-state index in [1.165, 1.54) is 6.07 Å². The second kappa shape index (κ2) is 7.62. The maximum Gasteiger partial charge on any atom is 0.124 e. The Balaban J connectivity index is 1.83. The van der Waals surface area contributed by atoms with Crippen molar-refractivity contribution in [1.29, 1.82) is 0 Å². The maximum atomic E-state index is 13.0. The van der Waals surface area contributed by atoms with Gasteiger partial charge in [-0.25, -0.2) is 9.37 Å². The Bertz CT molecular complexity index is 514. The largest absolute Gasteiger partial charge is 0.311 e. The molecule has 1 N–H and O–H groups in total. The molecule has 102 valence electrons. The molecule has 1 aromatic heterocycles. The lowest BCUT2D eigenvalue weighted by Crippen LogP contribution is -2.13. The number of benzene rings is 1. The standard InChI is InChI=1S/C14H17FN2S2/c1-2-6-16-8-12-9-19-14(17-12)10-18-13-5-3-4-11(15)7-13/h3-5,7,9,16H,2,6,8,10H2,1H3. The Hall–Kier alpha value is -0.910. The number of aromatic nitrogens is 1. The monoisotopic (exact) mass is 296 g/mol.